The lowest BCUT2D eigenvalue weighted by atomic mass is 10.1. The van der Waals surface area contributed by atoms with Gasteiger partial charge < -0.3 is 15.0 Å². The number of rotatable bonds is 2. The maximum absolute atomic E-state index is 5.90. The Morgan fingerprint density at radius 3 is 3.00 bits per heavy atom. The van der Waals surface area contributed by atoms with E-state index in [0.29, 0.717) is 11.7 Å². The summed E-state index contributed by atoms with van der Waals surface area (Å²) < 4.78 is 10.3. The molecule has 0 amide bonds. The Balaban J connectivity index is 2.07. The maximum atomic E-state index is 5.90. The molecule has 72 valence electrons. The van der Waals surface area contributed by atoms with Gasteiger partial charge in [0.1, 0.15) is 0 Å². The number of ether oxygens (including phenoxy) is 1. The molecule has 2 rings (SSSR count). The summed E-state index contributed by atoms with van der Waals surface area (Å²) in [6.07, 6.45) is 2.10. The molecule has 0 spiro atoms. The molecule has 5 nitrogen and oxygen atoms in total. The molecule has 13 heavy (non-hydrogen) atoms. The highest BCUT2D eigenvalue weighted by Crippen LogP contribution is 2.22. The molecule has 0 saturated carbocycles. The summed E-state index contributed by atoms with van der Waals surface area (Å²) in [6, 6.07) is -0.250. The van der Waals surface area contributed by atoms with Crippen molar-refractivity contribution in [3.8, 4) is 0 Å². The molecule has 0 bridgehead atoms. The zero-order valence-electron chi connectivity index (χ0n) is 7.56. The number of aryl methyl sites for hydroxylation is 1. The molecule has 0 unspecified atom stereocenters. The van der Waals surface area contributed by atoms with Gasteiger partial charge in [0.25, 0.3) is 0 Å². The van der Waals surface area contributed by atoms with Crippen molar-refractivity contribution in [2.45, 2.75) is 31.9 Å². The second-order valence-corrected chi connectivity index (χ2v) is 3.25. The third-order valence-corrected chi connectivity index (χ3v) is 2.21. The van der Waals surface area contributed by atoms with Crippen LogP contribution in [0.2, 0.25) is 0 Å². The third-order valence-electron chi connectivity index (χ3n) is 2.21. The minimum absolute atomic E-state index is 0.0528. The van der Waals surface area contributed by atoms with Crippen molar-refractivity contribution in [1.29, 1.82) is 0 Å². The van der Waals surface area contributed by atoms with Crippen molar-refractivity contribution in [2.75, 3.05) is 6.61 Å². The fraction of sp³-hybridized carbons (Fsp3) is 0.750. The highest BCUT2D eigenvalue weighted by molar-refractivity contribution is 4.96. The number of nitrogens with zero attached hydrogens (tertiary/aromatic N) is 2. The van der Waals surface area contributed by atoms with E-state index in [1.165, 1.54) is 0 Å². The minimum atomic E-state index is -0.250. The average molecular weight is 183 g/mol. The van der Waals surface area contributed by atoms with E-state index >= 15 is 0 Å². The first kappa shape index (κ1) is 8.65. The van der Waals surface area contributed by atoms with Crippen molar-refractivity contribution in [1.82, 2.24) is 10.1 Å². The van der Waals surface area contributed by atoms with Gasteiger partial charge in [-0.05, 0) is 12.8 Å². The molecule has 0 radical (unpaired) electrons. The third kappa shape index (κ3) is 1.71. The van der Waals surface area contributed by atoms with Crippen LogP contribution >= 0.6 is 0 Å². The van der Waals surface area contributed by atoms with E-state index in [9.17, 15) is 0 Å². The van der Waals surface area contributed by atoms with Gasteiger partial charge in [-0.2, -0.15) is 4.98 Å². The Morgan fingerprint density at radius 1 is 1.62 bits per heavy atom. The first-order valence-electron chi connectivity index (χ1n) is 4.45. The van der Waals surface area contributed by atoms with Gasteiger partial charge in [0.15, 0.2) is 5.82 Å². The van der Waals surface area contributed by atoms with Crippen LogP contribution in [-0.2, 0) is 4.74 Å². The Labute approximate surface area is 76.3 Å². The van der Waals surface area contributed by atoms with Crippen molar-refractivity contribution in [3.63, 3.8) is 0 Å². The van der Waals surface area contributed by atoms with E-state index < -0.39 is 0 Å². The topological polar surface area (TPSA) is 74.2 Å². The monoisotopic (exact) mass is 183 g/mol. The second kappa shape index (κ2) is 3.43. The molecular formula is C8H13N3O2. The van der Waals surface area contributed by atoms with Crippen LogP contribution in [0.15, 0.2) is 4.52 Å². The largest absolute Gasteiger partial charge is 0.376 e. The molecule has 1 fully saturated rings. The summed E-state index contributed by atoms with van der Waals surface area (Å²) in [7, 11) is 0. The normalized spacial score (nSPS) is 24.9. The fourth-order valence-electron chi connectivity index (χ4n) is 1.50. The van der Waals surface area contributed by atoms with Crippen LogP contribution in [0.1, 0.15) is 30.6 Å². The van der Waals surface area contributed by atoms with E-state index in [2.05, 4.69) is 10.1 Å². The van der Waals surface area contributed by atoms with Gasteiger partial charge in [0.2, 0.25) is 5.89 Å². The van der Waals surface area contributed by atoms with Gasteiger partial charge in [0.05, 0.1) is 12.1 Å². The Bertz CT molecular complexity index is 281. The quantitative estimate of drug-likeness (QED) is 0.725. The molecule has 1 aliphatic rings. The van der Waals surface area contributed by atoms with E-state index in [4.69, 9.17) is 15.0 Å². The molecule has 1 saturated heterocycles. The average Bonchev–Trinajstić information content (AvgIpc) is 2.72. The van der Waals surface area contributed by atoms with Gasteiger partial charge in [-0.25, -0.2) is 0 Å². The highest BCUT2D eigenvalue weighted by atomic mass is 16.5. The summed E-state index contributed by atoms with van der Waals surface area (Å²) >= 11 is 0. The summed E-state index contributed by atoms with van der Waals surface area (Å²) in [5.41, 5.74) is 5.90. The first-order chi connectivity index (χ1) is 6.27. The molecule has 2 atom stereocenters. The standard InChI is InChI=1S/C8H13N3O2/c1-5-10-8(11-13-5)7(9)6-3-2-4-12-6/h6-7H,2-4,9H2,1H3/t6-,7+/m0/s1. The van der Waals surface area contributed by atoms with Crippen LogP contribution in [0.25, 0.3) is 0 Å². The van der Waals surface area contributed by atoms with Crippen LogP contribution in [-0.4, -0.2) is 22.9 Å². The lowest BCUT2D eigenvalue weighted by Gasteiger charge is -2.13. The highest BCUT2D eigenvalue weighted by Gasteiger charge is 2.27. The van der Waals surface area contributed by atoms with Gasteiger partial charge in [-0.1, -0.05) is 5.16 Å². The molecule has 2 N–H and O–H groups in total. The molecule has 5 heteroatoms. The SMILES string of the molecule is Cc1nc([C@H](N)[C@@H]2CCCO2)no1. The smallest absolute Gasteiger partial charge is 0.223 e. The van der Waals surface area contributed by atoms with Gasteiger partial charge >= 0.3 is 0 Å². The lowest BCUT2D eigenvalue weighted by Crippen LogP contribution is -2.26. The molecule has 1 aliphatic heterocycles. The molecule has 0 aliphatic carbocycles. The zero-order valence-corrected chi connectivity index (χ0v) is 7.56. The summed E-state index contributed by atoms with van der Waals surface area (Å²) in [4.78, 5) is 4.07. The summed E-state index contributed by atoms with van der Waals surface area (Å²) in [5.74, 6) is 1.09. The zero-order chi connectivity index (χ0) is 9.26. The van der Waals surface area contributed by atoms with Crippen molar-refractivity contribution in [2.24, 2.45) is 5.73 Å². The predicted molar refractivity (Wildman–Crippen MR) is 44.9 cm³/mol. The summed E-state index contributed by atoms with van der Waals surface area (Å²) in [6.45, 7) is 2.54. The van der Waals surface area contributed by atoms with Gasteiger partial charge in [0, 0.05) is 13.5 Å². The number of nitrogens with two attached hydrogens (primary N) is 1. The molecule has 0 aromatic carbocycles. The Kier molecular flexibility index (Phi) is 2.28. The second-order valence-electron chi connectivity index (χ2n) is 3.25. The predicted octanol–water partition coefficient (Wildman–Crippen LogP) is 0.557. The Morgan fingerprint density at radius 2 is 2.46 bits per heavy atom. The van der Waals surface area contributed by atoms with Crippen LogP contribution in [0.5, 0.6) is 0 Å². The first-order valence-corrected chi connectivity index (χ1v) is 4.45. The van der Waals surface area contributed by atoms with Crippen molar-refractivity contribution in [3.05, 3.63) is 11.7 Å². The van der Waals surface area contributed by atoms with Crippen molar-refractivity contribution >= 4 is 0 Å². The molecular weight excluding hydrogens is 170 g/mol. The Hall–Kier alpha value is -0.940. The maximum Gasteiger partial charge on any atom is 0.223 e. The van der Waals surface area contributed by atoms with E-state index in [0.717, 1.165) is 19.4 Å². The van der Waals surface area contributed by atoms with Gasteiger partial charge in [-0.15, -0.1) is 0 Å². The van der Waals surface area contributed by atoms with Crippen LogP contribution in [0.3, 0.4) is 0 Å². The molecule has 2 heterocycles. The lowest BCUT2D eigenvalue weighted by molar-refractivity contribution is 0.0870. The van der Waals surface area contributed by atoms with E-state index in [-0.39, 0.29) is 12.1 Å². The van der Waals surface area contributed by atoms with Crippen LogP contribution < -0.4 is 5.73 Å². The van der Waals surface area contributed by atoms with Crippen molar-refractivity contribution < 1.29 is 9.26 Å². The molecule has 1 aromatic heterocycles. The summed E-state index contributed by atoms with van der Waals surface area (Å²) in [5, 5.41) is 3.77. The minimum Gasteiger partial charge on any atom is -0.376 e. The van der Waals surface area contributed by atoms with E-state index in [1.54, 1.807) is 6.92 Å². The van der Waals surface area contributed by atoms with Crippen LogP contribution in [0.4, 0.5) is 0 Å². The van der Waals surface area contributed by atoms with E-state index in [1.807, 2.05) is 0 Å². The van der Waals surface area contributed by atoms with Crippen LogP contribution in [0, 0.1) is 6.92 Å². The molecule has 1 aromatic rings. The number of hydrogen-bond donors (Lipinski definition) is 1. The van der Waals surface area contributed by atoms with Gasteiger partial charge in [-0.3, -0.25) is 0 Å². The number of hydrogen-bond acceptors (Lipinski definition) is 5. The fourth-order valence-corrected chi connectivity index (χ4v) is 1.50. The number of aromatic nitrogens is 2.